The van der Waals surface area contributed by atoms with Crippen LogP contribution in [0.25, 0.3) is 0 Å². The first-order valence-electron chi connectivity index (χ1n) is 10.9. The molecule has 0 aliphatic rings. The van der Waals surface area contributed by atoms with Crippen LogP contribution < -0.4 is 10.2 Å². The van der Waals surface area contributed by atoms with Crippen molar-refractivity contribution in [2.24, 2.45) is 5.10 Å². The predicted molar refractivity (Wildman–Crippen MR) is 162 cm³/mol. The number of ether oxygens (including phenoxy) is 1. The fourth-order valence-electron chi connectivity index (χ4n) is 3.56. The van der Waals surface area contributed by atoms with E-state index in [0.29, 0.717) is 17.7 Å². The lowest BCUT2D eigenvalue weighted by molar-refractivity contribution is -0.136. The van der Waals surface area contributed by atoms with Crippen LogP contribution in [0.5, 0.6) is 5.75 Å². The number of carbonyl (C=O) groups excluding carboxylic acids is 1. The molecule has 2 N–H and O–H groups in total. The number of amides is 1. The van der Waals surface area contributed by atoms with Crippen LogP contribution in [0, 0.1) is 7.14 Å². The van der Waals surface area contributed by atoms with Crippen LogP contribution in [0.4, 0.5) is 0 Å². The second-order valence-electron chi connectivity index (χ2n) is 7.87. The fourth-order valence-corrected chi connectivity index (χ4v) is 5.69. The van der Waals surface area contributed by atoms with E-state index >= 15 is 0 Å². The van der Waals surface area contributed by atoms with Gasteiger partial charge < -0.3 is 9.84 Å². The third-order valence-corrected chi connectivity index (χ3v) is 7.52. The van der Waals surface area contributed by atoms with Gasteiger partial charge in [-0.1, -0.05) is 72.8 Å². The Morgan fingerprint density at radius 1 is 0.944 bits per heavy atom. The van der Waals surface area contributed by atoms with Gasteiger partial charge in [-0.3, -0.25) is 4.79 Å². The van der Waals surface area contributed by atoms with E-state index in [1.807, 2.05) is 48.5 Å². The molecule has 1 amide bonds. The Morgan fingerprint density at radius 3 is 2.08 bits per heavy atom. The largest absolute Gasteiger partial charge is 0.487 e. The van der Waals surface area contributed by atoms with Crippen LogP contribution in [0.2, 0.25) is 0 Å². The third-order valence-electron chi connectivity index (χ3n) is 5.41. The predicted octanol–water partition coefficient (Wildman–Crippen LogP) is 6.62. The first-order valence-corrected chi connectivity index (χ1v) is 13.9. The lowest BCUT2D eigenvalue weighted by Gasteiger charge is -2.27. The van der Waals surface area contributed by atoms with E-state index < -0.39 is 11.5 Å². The quantitative estimate of drug-likeness (QED) is 0.120. The molecule has 4 aromatic rings. The van der Waals surface area contributed by atoms with Gasteiger partial charge in [0.1, 0.15) is 12.4 Å². The number of halogens is 3. The molecular formula is C28H21BrI2N2O3. The van der Waals surface area contributed by atoms with Crippen molar-refractivity contribution < 1.29 is 14.6 Å². The smallest absolute Gasteiger partial charge is 0.281 e. The molecule has 0 saturated heterocycles. The molecule has 0 radical (unpaired) electrons. The Morgan fingerprint density at radius 2 is 1.53 bits per heavy atom. The molecule has 0 spiro atoms. The van der Waals surface area contributed by atoms with Crippen molar-refractivity contribution in [3.05, 3.63) is 131 Å². The average molecular weight is 767 g/mol. The van der Waals surface area contributed by atoms with Crippen LogP contribution in [0.1, 0.15) is 22.3 Å². The molecule has 0 saturated carbocycles. The molecule has 0 fully saturated rings. The lowest BCUT2D eigenvalue weighted by Crippen LogP contribution is -2.43. The molecule has 36 heavy (non-hydrogen) atoms. The number of benzene rings is 4. The standard InChI is InChI=1S/C28H21BrI2N2O3/c29-24-15-20(16-25(31)26(24)36-18-19-11-13-23(30)14-12-19)17-32-33-27(34)28(35,21-7-3-1-4-8-21)22-9-5-2-6-10-22/h1-17,35H,18H2,(H,33,34)/b32-17+. The molecule has 0 aliphatic carbocycles. The van der Waals surface area contributed by atoms with Crippen LogP contribution in [-0.2, 0) is 17.0 Å². The number of nitrogens with zero attached hydrogens (tertiary/aromatic N) is 1. The summed E-state index contributed by atoms with van der Waals surface area (Å²) >= 11 is 8.06. The Kier molecular flexibility index (Phi) is 9.15. The Labute approximate surface area is 245 Å². The second-order valence-corrected chi connectivity index (χ2v) is 11.1. The SMILES string of the molecule is O=C(N/N=C/c1cc(Br)c(OCc2ccc(I)cc2)c(I)c1)C(O)(c1ccccc1)c1ccccc1. The van der Waals surface area contributed by atoms with Crippen molar-refractivity contribution in [3.8, 4) is 5.75 Å². The monoisotopic (exact) mass is 766 g/mol. The summed E-state index contributed by atoms with van der Waals surface area (Å²) in [6, 6.07) is 29.6. The lowest BCUT2D eigenvalue weighted by atomic mass is 9.85. The highest BCUT2D eigenvalue weighted by Gasteiger charge is 2.39. The molecule has 8 heteroatoms. The van der Waals surface area contributed by atoms with Crippen LogP contribution in [0.15, 0.2) is 107 Å². The molecule has 0 bridgehead atoms. The molecule has 0 unspecified atom stereocenters. The van der Waals surface area contributed by atoms with Crippen LogP contribution in [0.3, 0.4) is 0 Å². The van der Waals surface area contributed by atoms with E-state index in [-0.39, 0.29) is 0 Å². The zero-order chi connectivity index (χ0) is 25.5. The zero-order valence-corrected chi connectivity index (χ0v) is 24.8. The number of nitrogens with one attached hydrogen (secondary N) is 1. The van der Waals surface area contributed by atoms with Crippen LogP contribution >= 0.6 is 61.1 Å². The molecule has 182 valence electrons. The van der Waals surface area contributed by atoms with Gasteiger partial charge in [0.15, 0.2) is 5.60 Å². The minimum absolute atomic E-state index is 0.451. The minimum Gasteiger partial charge on any atom is -0.487 e. The van der Waals surface area contributed by atoms with Gasteiger partial charge in [0.05, 0.1) is 14.3 Å². The summed E-state index contributed by atoms with van der Waals surface area (Å²) in [7, 11) is 0. The topological polar surface area (TPSA) is 70.9 Å². The normalized spacial score (nSPS) is 11.4. The van der Waals surface area contributed by atoms with E-state index in [1.54, 1.807) is 48.5 Å². The van der Waals surface area contributed by atoms with E-state index in [4.69, 9.17) is 4.74 Å². The maximum atomic E-state index is 13.2. The summed E-state index contributed by atoms with van der Waals surface area (Å²) in [4.78, 5) is 13.2. The molecule has 0 aromatic heterocycles. The zero-order valence-electron chi connectivity index (χ0n) is 18.9. The fraction of sp³-hybridized carbons (Fsp3) is 0.0714. The number of hydrogen-bond acceptors (Lipinski definition) is 4. The molecule has 0 heterocycles. The first-order chi connectivity index (χ1) is 17.4. The van der Waals surface area contributed by atoms with E-state index in [0.717, 1.165) is 24.9 Å². The maximum absolute atomic E-state index is 13.2. The highest BCUT2D eigenvalue weighted by atomic mass is 127. The molecule has 4 rings (SSSR count). The van der Waals surface area contributed by atoms with E-state index in [1.165, 1.54) is 9.78 Å². The molecule has 0 atom stereocenters. The molecular weight excluding hydrogens is 746 g/mol. The van der Waals surface area contributed by atoms with Crippen LogP contribution in [-0.4, -0.2) is 17.2 Å². The van der Waals surface area contributed by atoms with Gasteiger partial charge in [-0.25, -0.2) is 5.43 Å². The highest BCUT2D eigenvalue weighted by Crippen LogP contribution is 2.33. The molecule has 0 aliphatic heterocycles. The van der Waals surface area contributed by atoms with Gasteiger partial charge in [0.25, 0.3) is 5.91 Å². The van der Waals surface area contributed by atoms with Crippen molar-refractivity contribution in [1.29, 1.82) is 0 Å². The summed E-state index contributed by atoms with van der Waals surface area (Å²) in [5.74, 6) is 0.0836. The number of aliphatic hydroxyl groups is 1. The summed E-state index contributed by atoms with van der Waals surface area (Å²) in [5, 5.41) is 15.6. The van der Waals surface area contributed by atoms with Gasteiger partial charge in [-0.15, -0.1) is 0 Å². The van der Waals surface area contributed by atoms with E-state index in [9.17, 15) is 9.90 Å². The minimum atomic E-state index is -1.89. The van der Waals surface area contributed by atoms with Crippen molar-refractivity contribution in [3.63, 3.8) is 0 Å². The number of carbonyl (C=O) groups is 1. The van der Waals surface area contributed by atoms with Crippen molar-refractivity contribution >= 4 is 73.2 Å². The van der Waals surface area contributed by atoms with Crippen molar-refractivity contribution in [1.82, 2.24) is 5.43 Å². The van der Waals surface area contributed by atoms with Gasteiger partial charge in [-0.2, -0.15) is 5.10 Å². The summed E-state index contributed by atoms with van der Waals surface area (Å²) in [6.45, 7) is 0.451. The average Bonchev–Trinajstić information content (AvgIpc) is 2.89. The summed E-state index contributed by atoms with van der Waals surface area (Å²) in [6.07, 6.45) is 1.53. The summed E-state index contributed by atoms with van der Waals surface area (Å²) < 4.78 is 8.87. The van der Waals surface area contributed by atoms with Gasteiger partial charge in [0.2, 0.25) is 0 Å². The maximum Gasteiger partial charge on any atom is 0.281 e. The number of rotatable bonds is 8. The third kappa shape index (κ3) is 6.34. The second kappa shape index (κ2) is 12.3. The Hall–Kier alpha value is -2.28. The Balaban J connectivity index is 1.49. The molecule has 4 aromatic carbocycles. The Bertz CT molecular complexity index is 1300. The highest BCUT2D eigenvalue weighted by molar-refractivity contribution is 14.1. The van der Waals surface area contributed by atoms with Gasteiger partial charge >= 0.3 is 0 Å². The van der Waals surface area contributed by atoms with E-state index in [2.05, 4.69) is 71.6 Å². The summed E-state index contributed by atoms with van der Waals surface area (Å²) in [5.41, 5.74) is 3.37. The van der Waals surface area contributed by atoms with Gasteiger partial charge in [-0.05, 0) is 108 Å². The van der Waals surface area contributed by atoms with Crippen molar-refractivity contribution in [2.45, 2.75) is 12.2 Å². The number of hydrogen-bond donors (Lipinski definition) is 2. The van der Waals surface area contributed by atoms with Gasteiger partial charge in [0, 0.05) is 3.57 Å². The molecule has 5 nitrogen and oxygen atoms in total. The first kappa shape index (κ1) is 26.8. The number of hydrazone groups is 1. The van der Waals surface area contributed by atoms with Crippen molar-refractivity contribution in [2.75, 3.05) is 0 Å².